The Balaban J connectivity index is 1.31. The Morgan fingerprint density at radius 3 is 2.32 bits per heavy atom. The Morgan fingerprint density at radius 1 is 0.968 bits per heavy atom. The summed E-state index contributed by atoms with van der Waals surface area (Å²) in [6.45, 7) is 6.46. The zero-order valence-corrected chi connectivity index (χ0v) is 20.6. The Morgan fingerprint density at radius 2 is 1.68 bits per heavy atom. The summed E-state index contributed by atoms with van der Waals surface area (Å²) in [5.41, 5.74) is 3.72. The highest BCUT2D eigenvalue weighted by molar-refractivity contribution is 9.10. The van der Waals surface area contributed by atoms with Gasteiger partial charge in [0.05, 0.1) is 11.6 Å². The lowest BCUT2D eigenvalue weighted by atomic mass is 9.43. The van der Waals surface area contributed by atoms with Gasteiger partial charge >= 0.3 is 0 Å². The molecule has 0 saturated heterocycles. The molecule has 0 spiro atoms. The maximum atomic E-state index is 6.11. The van der Waals surface area contributed by atoms with Gasteiger partial charge in [-0.1, -0.05) is 44.2 Å². The van der Waals surface area contributed by atoms with Crippen molar-refractivity contribution in [1.82, 2.24) is 5.32 Å². The quantitative estimate of drug-likeness (QED) is 0.465. The SMILES string of the molecule is COc1cc(CNC23CC4C[C@@](C)(C2)C[C@](C)(C4)C3)cc(Br)c1OCc1ccccc1. The van der Waals surface area contributed by atoms with E-state index in [1.54, 1.807) is 7.11 Å². The molecule has 0 amide bonds. The second-order valence-electron chi connectivity index (χ2n) is 11.1. The smallest absolute Gasteiger partial charge is 0.175 e. The zero-order chi connectivity index (χ0) is 21.7. The van der Waals surface area contributed by atoms with Crippen LogP contribution in [0.3, 0.4) is 0 Å². The third-order valence-electron chi connectivity index (χ3n) is 7.81. The normalized spacial score (nSPS) is 33.5. The van der Waals surface area contributed by atoms with Gasteiger partial charge < -0.3 is 14.8 Å². The van der Waals surface area contributed by atoms with Gasteiger partial charge in [-0.15, -0.1) is 0 Å². The first-order chi connectivity index (χ1) is 14.8. The monoisotopic (exact) mass is 483 g/mol. The Labute approximate surface area is 195 Å². The second kappa shape index (κ2) is 7.81. The van der Waals surface area contributed by atoms with Crippen molar-refractivity contribution in [3.05, 3.63) is 58.1 Å². The molecule has 4 saturated carbocycles. The number of halogens is 1. The molecule has 31 heavy (non-hydrogen) atoms. The summed E-state index contributed by atoms with van der Waals surface area (Å²) in [5.74, 6) is 2.45. The van der Waals surface area contributed by atoms with Gasteiger partial charge in [0.15, 0.2) is 11.5 Å². The van der Waals surface area contributed by atoms with Crippen molar-refractivity contribution in [3.8, 4) is 11.5 Å². The molecule has 4 heteroatoms. The highest BCUT2D eigenvalue weighted by Gasteiger charge is 2.59. The van der Waals surface area contributed by atoms with Crippen LogP contribution in [0.1, 0.15) is 63.5 Å². The number of hydrogen-bond acceptors (Lipinski definition) is 3. The summed E-state index contributed by atoms with van der Waals surface area (Å²) in [6, 6.07) is 14.5. The molecule has 4 atom stereocenters. The zero-order valence-electron chi connectivity index (χ0n) is 19.0. The van der Waals surface area contributed by atoms with E-state index in [4.69, 9.17) is 9.47 Å². The minimum atomic E-state index is 0.297. The predicted octanol–water partition coefficient (Wildman–Crippen LogP) is 6.88. The highest BCUT2D eigenvalue weighted by Crippen LogP contribution is 2.66. The first-order valence-electron chi connectivity index (χ1n) is 11.6. The molecule has 0 heterocycles. The van der Waals surface area contributed by atoms with Crippen molar-refractivity contribution in [1.29, 1.82) is 0 Å². The number of rotatable bonds is 7. The molecule has 4 bridgehead atoms. The second-order valence-corrected chi connectivity index (χ2v) is 12.0. The standard InChI is InChI=1S/C27H34BrNO2/c1-25-11-21-12-26(2,16-25)18-27(13-21,17-25)29-14-20-9-22(28)24(23(10-20)30-3)31-15-19-7-5-4-6-8-19/h4-10,21,29H,11-18H2,1-3H3/t21?,25-,26+,27?. The van der Waals surface area contributed by atoms with Gasteiger partial charge in [-0.2, -0.15) is 0 Å². The van der Waals surface area contributed by atoms with Gasteiger partial charge in [0.1, 0.15) is 6.61 Å². The number of ether oxygens (including phenoxy) is 2. The fraction of sp³-hybridized carbons (Fsp3) is 0.556. The van der Waals surface area contributed by atoms with Crippen molar-refractivity contribution in [2.24, 2.45) is 16.7 Å². The molecule has 2 aromatic rings. The summed E-state index contributed by atoms with van der Waals surface area (Å²) >= 11 is 3.73. The summed E-state index contributed by atoms with van der Waals surface area (Å²) in [5, 5.41) is 4.03. The van der Waals surface area contributed by atoms with E-state index in [-0.39, 0.29) is 0 Å². The van der Waals surface area contributed by atoms with Crippen LogP contribution >= 0.6 is 15.9 Å². The van der Waals surface area contributed by atoms with E-state index in [2.05, 4.69) is 59.4 Å². The number of benzene rings is 2. The fourth-order valence-electron chi connectivity index (χ4n) is 7.68. The van der Waals surface area contributed by atoms with E-state index in [1.165, 1.54) is 44.1 Å². The Hall–Kier alpha value is -1.52. The summed E-state index contributed by atoms with van der Waals surface area (Å²) < 4.78 is 12.8. The van der Waals surface area contributed by atoms with Gasteiger partial charge in [-0.3, -0.25) is 0 Å². The third kappa shape index (κ3) is 4.26. The molecule has 0 radical (unpaired) electrons. The van der Waals surface area contributed by atoms with E-state index < -0.39 is 0 Å². The lowest BCUT2D eigenvalue weighted by Gasteiger charge is -2.65. The summed E-state index contributed by atoms with van der Waals surface area (Å²) in [7, 11) is 1.72. The van der Waals surface area contributed by atoms with E-state index in [9.17, 15) is 0 Å². The van der Waals surface area contributed by atoms with E-state index in [0.717, 1.165) is 34.0 Å². The topological polar surface area (TPSA) is 30.5 Å². The van der Waals surface area contributed by atoms with Crippen molar-refractivity contribution in [2.75, 3.05) is 7.11 Å². The Bertz CT molecular complexity index is 941. The number of methoxy groups -OCH3 is 1. The van der Waals surface area contributed by atoms with Crippen LogP contribution in [0, 0.1) is 16.7 Å². The molecule has 4 aliphatic carbocycles. The van der Waals surface area contributed by atoms with Crippen LogP contribution in [0.15, 0.2) is 46.9 Å². The van der Waals surface area contributed by atoms with Gasteiger partial charge in [0.2, 0.25) is 0 Å². The van der Waals surface area contributed by atoms with Crippen LogP contribution in [0.2, 0.25) is 0 Å². The van der Waals surface area contributed by atoms with Crippen molar-refractivity contribution in [2.45, 2.75) is 71.1 Å². The molecule has 2 unspecified atom stereocenters. The van der Waals surface area contributed by atoms with Gasteiger partial charge in [-0.05, 0) is 94.5 Å². The van der Waals surface area contributed by atoms with Crippen molar-refractivity contribution < 1.29 is 9.47 Å². The van der Waals surface area contributed by atoms with Crippen molar-refractivity contribution in [3.63, 3.8) is 0 Å². The minimum Gasteiger partial charge on any atom is -0.493 e. The molecule has 166 valence electrons. The molecule has 1 N–H and O–H groups in total. The van der Waals surface area contributed by atoms with Crippen LogP contribution in [-0.4, -0.2) is 12.6 Å². The largest absolute Gasteiger partial charge is 0.493 e. The lowest BCUT2D eigenvalue weighted by molar-refractivity contribution is -0.118. The average molecular weight is 484 g/mol. The van der Waals surface area contributed by atoms with E-state index in [0.29, 0.717) is 23.0 Å². The maximum absolute atomic E-state index is 6.11. The molecule has 2 aromatic carbocycles. The van der Waals surface area contributed by atoms with Gasteiger partial charge in [-0.25, -0.2) is 0 Å². The Kier molecular flexibility index (Phi) is 5.37. The molecular formula is C27H34BrNO2. The molecule has 3 nitrogen and oxygen atoms in total. The molecule has 0 aromatic heterocycles. The summed E-state index contributed by atoms with van der Waals surface area (Å²) in [6.07, 6.45) is 8.25. The lowest BCUT2D eigenvalue weighted by Crippen LogP contribution is -2.63. The maximum Gasteiger partial charge on any atom is 0.175 e. The molecule has 4 fully saturated rings. The van der Waals surface area contributed by atoms with Crippen LogP contribution in [0.5, 0.6) is 11.5 Å². The van der Waals surface area contributed by atoms with Gasteiger partial charge in [0, 0.05) is 12.1 Å². The first-order valence-corrected chi connectivity index (χ1v) is 12.4. The number of hydrogen-bond donors (Lipinski definition) is 1. The predicted molar refractivity (Wildman–Crippen MR) is 128 cm³/mol. The fourth-order valence-corrected chi connectivity index (χ4v) is 8.28. The van der Waals surface area contributed by atoms with Crippen LogP contribution in [0.4, 0.5) is 0 Å². The van der Waals surface area contributed by atoms with Gasteiger partial charge in [0.25, 0.3) is 0 Å². The third-order valence-corrected chi connectivity index (χ3v) is 8.40. The van der Waals surface area contributed by atoms with Crippen LogP contribution in [0.25, 0.3) is 0 Å². The van der Waals surface area contributed by atoms with E-state index in [1.807, 2.05) is 18.2 Å². The number of nitrogens with one attached hydrogen (secondary N) is 1. The minimum absolute atomic E-state index is 0.297. The first kappa shape index (κ1) is 21.3. The molecule has 4 aliphatic rings. The summed E-state index contributed by atoms with van der Waals surface area (Å²) in [4.78, 5) is 0. The average Bonchev–Trinajstić information content (AvgIpc) is 2.69. The van der Waals surface area contributed by atoms with Crippen LogP contribution in [-0.2, 0) is 13.2 Å². The molecule has 6 rings (SSSR count). The van der Waals surface area contributed by atoms with E-state index >= 15 is 0 Å². The molecular weight excluding hydrogens is 450 g/mol. The van der Waals surface area contributed by atoms with Crippen molar-refractivity contribution >= 4 is 15.9 Å². The highest BCUT2D eigenvalue weighted by atomic mass is 79.9. The van der Waals surface area contributed by atoms with Crippen LogP contribution < -0.4 is 14.8 Å². The molecule has 0 aliphatic heterocycles.